The number of hydrogen-bond donors (Lipinski definition) is 2. The summed E-state index contributed by atoms with van der Waals surface area (Å²) in [7, 11) is -3.59. The lowest BCUT2D eigenvalue weighted by atomic mass is 10.1. The molecule has 17 heavy (non-hydrogen) atoms. The van der Waals surface area contributed by atoms with Crippen LogP contribution in [0, 0.1) is 5.41 Å². The smallest absolute Gasteiger partial charge is 0.244 e. The number of phenolic OH excluding ortho intramolecular Hbond substituents is 1. The normalized spacial score (nSPS) is 17.9. The maximum atomic E-state index is 12.0. The van der Waals surface area contributed by atoms with Crippen LogP contribution in [0.1, 0.15) is 26.2 Å². The van der Waals surface area contributed by atoms with Gasteiger partial charge in [0.15, 0.2) is 0 Å². The highest BCUT2D eigenvalue weighted by atomic mass is 32.2. The Labute approximate surface area is 102 Å². The van der Waals surface area contributed by atoms with Crippen LogP contribution >= 0.6 is 0 Å². The van der Waals surface area contributed by atoms with Crippen molar-refractivity contribution in [3.63, 3.8) is 0 Å². The van der Waals surface area contributed by atoms with Crippen LogP contribution in [0.25, 0.3) is 0 Å². The van der Waals surface area contributed by atoms with Gasteiger partial charge in [0.1, 0.15) is 10.6 Å². The second kappa shape index (κ2) is 4.31. The molecule has 1 aliphatic carbocycles. The van der Waals surface area contributed by atoms with Crippen molar-refractivity contribution in [1.82, 2.24) is 4.72 Å². The summed E-state index contributed by atoms with van der Waals surface area (Å²) in [6.45, 7) is 2.53. The first kappa shape index (κ1) is 12.4. The third-order valence-corrected chi connectivity index (χ3v) is 4.95. The van der Waals surface area contributed by atoms with Gasteiger partial charge in [-0.05, 0) is 36.8 Å². The Kier molecular flexibility index (Phi) is 3.14. The van der Waals surface area contributed by atoms with Crippen LogP contribution < -0.4 is 4.72 Å². The number of nitrogens with one attached hydrogen (secondary N) is 1. The van der Waals surface area contributed by atoms with Crippen molar-refractivity contribution in [2.24, 2.45) is 5.41 Å². The van der Waals surface area contributed by atoms with Crippen molar-refractivity contribution in [3.05, 3.63) is 24.3 Å². The molecule has 0 aromatic heterocycles. The summed E-state index contributed by atoms with van der Waals surface area (Å²) >= 11 is 0. The van der Waals surface area contributed by atoms with E-state index in [9.17, 15) is 13.5 Å². The van der Waals surface area contributed by atoms with Gasteiger partial charge < -0.3 is 5.11 Å². The molecule has 0 aliphatic heterocycles. The van der Waals surface area contributed by atoms with Gasteiger partial charge in [0.2, 0.25) is 10.0 Å². The van der Waals surface area contributed by atoms with Crippen molar-refractivity contribution in [2.75, 3.05) is 6.54 Å². The summed E-state index contributed by atoms with van der Waals surface area (Å²) in [5.74, 6) is -0.207. The predicted molar refractivity (Wildman–Crippen MR) is 65.3 cm³/mol. The number of phenols is 1. The lowest BCUT2D eigenvalue weighted by Crippen LogP contribution is -2.30. The topological polar surface area (TPSA) is 66.4 Å². The summed E-state index contributed by atoms with van der Waals surface area (Å²) in [5.41, 5.74) is 0.150. The van der Waals surface area contributed by atoms with Crippen molar-refractivity contribution in [1.29, 1.82) is 0 Å². The minimum atomic E-state index is -3.59. The Balaban J connectivity index is 2.12. The Morgan fingerprint density at radius 2 is 2.00 bits per heavy atom. The van der Waals surface area contributed by atoms with Crippen LogP contribution in [-0.2, 0) is 10.0 Å². The summed E-state index contributed by atoms with van der Waals surface area (Å²) in [5, 5.41) is 9.53. The van der Waals surface area contributed by atoms with Crippen molar-refractivity contribution < 1.29 is 13.5 Å². The summed E-state index contributed by atoms with van der Waals surface area (Å²) in [6, 6.07) is 5.98. The fraction of sp³-hybridized carbons (Fsp3) is 0.500. The van der Waals surface area contributed by atoms with E-state index in [2.05, 4.69) is 11.6 Å². The molecule has 5 heteroatoms. The molecule has 94 valence electrons. The van der Waals surface area contributed by atoms with Gasteiger partial charge in [-0.3, -0.25) is 0 Å². The fourth-order valence-corrected chi connectivity index (χ4v) is 3.10. The third-order valence-electron chi connectivity index (χ3n) is 3.50. The summed E-state index contributed by atoms with van der Waals surface area (Å²) < 4.78 is 26.5. The van der Waals surface area contributed by atoms with E-state index in [0.717, 1.165) is 19.3 Å². The van der Waals surface area contributed by atoms with Gasteiger partial charge in [-0.1, -0.05) is 19.1 Å². The Morgan fingerprint density at radius 1 is 1.35 bits per heavy atom. The first-order valence-electron chi connectivity index (χ1n) is 5.77. The van der Waals surface area contributed by atoms with Crippen LogP contribution in [0.4, 0.5) is 0 Å². The molecule has 1 aliphatic rings. The molecule has 0 spiro atoms. The molecule has 0 heterocycles. The summed E-state index contributed by atoms with van der Waals surface area (Å²) in [4.78, 5) is -0.0492. The molecule has 0 saturated heterocycles. The second-order valence-corrected chi connectivity index (χ2v) is 6.38. The van der Waals surface area contributed by atoms with Crippen molar-refractivity contribution >= 4 is 10.0 Å². The van der Waals surface area contributed by atoms with Crippen LogP contribution in [0.5, 0.6) is 5.75 Å². The minimum absolute atomic E-state index is 0.0492. The molecule has 0 amide bonds. The van der Waals surface area contributed by atoms with Crippen LogP contribution in [-0.4, -0.2) is 20.1 Å². The van der Waals surface area contributed by atoms with Gasteiger partial charge in [-0.2, -0.15) is 0 Å². The zero-order valence-corrected chi connectivity index (χ0v) is 10.6. The molecular formula is C12H17NO3S. The Hall–Kier alpha value is -1.07. The lowest BCUT2D eigenvalue weighted by molar-refractivity contribution is 0.453. The predicted octanol–water partition coefficient (Wildman–Crippen LogP) is 1.86. The van der Waals surface area contributed by atoms with Gasteiger partial charge >= 0.3 is 0 Å². The standard InChI is InChI=1S/C12H17NO3S/c1-2-12(7-8-12)9-13-17(15,16)11-6-4-3-5-10(11)14/h3-6,13-14H,2,7-9H2,1H3. The SMILES string of the molecule is CCC1(CNS(=O)(=O)c2ccccc2O)CC1. The first-order valence-corrected chi connectivity index (χ1v) is 7.25. The van der Waals surface area contributed by atoms with E-state index in [0.29, 0.717) is 6.54 Å². The number of benzene rings is 1. The van der Waals surface area contributed by atoms with Gasteiger partial charge in [0, 0.05) is 6.54 Å². The number of para-hydroxylation sites is 1. The van der Waals surface area contributed by atoms with Crippen molar-refractivity contribution in [2.45, 2.75) is 31.1 Å². The van der Waals surface area contributed by atoms with E-state index in [1.165, 1.54) is 12.1 Å². The molecule has 0 unspecified atom stereocenters. The molecule has 1 fully saturated rings. The number of aromatic hydroxyl groups is 1. The van der Waals surface area contributed by atoms with Gasteiger partial charge in [0.25, 0.3) is 0 Å². The second-order valence-electron chi connectivity index (χ2n) is 4.65. The van der Waals surface area contributed by atoms with E-state index in [1.54, 1.807) is 12.1 Å². The molecule has 4 nitrogen and oxygen atoms in total. The van der Waals surface area contributed by atoms with Crippen LogP contribution in [0.3, 0.4) is 0 Å². The maximum Gasteiger partial charge on any atom is 0.244 e. The molecule has 1 saturated carbocycles. The average molecular weight is 255 g/mol. The first-order chi connectivity index (χ1) is 7.99. The monoisotopic (exact) mass is 255 g/mol. The fourth-order valence-electron chi connectivity index (χ4n) is 1.84. The van der Waals surface area contributed by atoms with Gasteiger partial charge in [0.05, 0.1) is 0 Å². The molecule has 0 radical (unpaired) electrons. The summed E-state index contributed by atoms with van der Waals surface area (Å²) in [6.07, 6.45) is 3.13. The highest BCUT2D eigenvalue weighted by molar-refractivity contribution is 7.89. The molecule has 2 rings (SSSR count). The number of rotatable bonds is 5. The molecule has 1 aromatic carbocycles. The Morgan fingerprint density at radius 3 is 2.53 bits per heavy atom. The maximum absolute atomic E-state index is 12.0. The van der Waals surface area contributed by atoms with E-state index in [-0.39, 0.29) is 16.1 Å². The highest BCUT2D eigenvalue weighted by Gasteiger charge is 2.41. The molecule has 0 atom stereocenters. The van der Waals surface area contributed by atoms with E-state index < -0.39 is 10.0 Å². The highest BCUT2D eigenvalue weighted by Crippen LogP contribution is 2.48. The quantitative estimate of drug-likeness (QED) is 0.844. The van der Waals surface area contributed by atoms with Crippen LogP contribution in [0.2, 0.25) is 0 Å². The Bertz CT molecular complexity index is 506. The van der Waals surface area contributed by atoms with Crippen molar-refractivity contribution in [3.8, 4) is 5.75 Å². The van der Waals surface area contributed by atoms with Crippen LogP contribution in [0.15, 0.2) is 29.2 Å². The molecule has 2 N–H and O–H groups in total. The number of hydrogen-bond acceptors (Lipinski definition) is 3. The molecule has 0 bridgehead atoms. The molecule has 1 aromatic rings. The minimum Gasteiger partial charge on any atom is -0.507 e. The largest absolute Gasteiger partial charge is 0.507 e. The van der Waals surface area contributed by atoms with E-state index in [4.69, 9.17) is 0 Å². The van der Waals surface area contributed by atoms with E-state index >= 15 is 0 Å². The lowest BCUT2D eigenvalue weighted by Gasteiger charge is -2.14. The average Bonchev–Trinajstić information content (AvgIpc) is 3.08. The van der Waals surface area contributed by atoms with Gasteiger partial charge in [-0.15, -0.1) is 0 Å². The number of sulfonamides is 1. The zero-order valence-electron chi connectivity index (χ0n) is 9.81. The zero-order chi connectivity index (χ0) is 12.5. The van der Waals surface area contributed by atoms with Gasteiger partial charge in [-0.25, -0.2) is 13.1 Å². The molecular weight excluding hydrogens is 238 g/mol. The third kappa shape index (κ3) is 2.61. The van der Waals surface area contributed by atoms with E-state index in [1.807, 2.05) is 0 Å².